The maximum absolute atomic E-state index is 14.0. The molecule has 0 fully saturated rings. The number of amidine groups is 1. The molecule has 2 aromatic carbocycles. The molecule has 0 amide bonds. The van der Waals surface area contributed by atoms with Crippen LogP contribution in [0.4, 0.5) is 10.1 Å². The Morgan fingerprint density at radius 1 is 1.11 bits per heavy atom. The van der Waals surface area contributed by atoms with Gasteiger partial charge in [0.1, 0.15) is 11.7 Å². The van der Waals surface area contributed by atoms with Gasteiger partial charge in [-0.2, -0.15) is 0 Å². The number of aryl methyl sites for hydroxylation is 1. The molecule has 1 N–H and O–H groups in total. The van der Waals surface area contributed by atoms with Crippen LogP contribution in [0.2, 0.25) is 0 Å². The third-order valence-electron chi connectivity index (χ3n) is 3.33. The molecule has 0 spiro atoms. The standard InChI is InChI=1S/C15H13FN2/c1-10-5-4-8-13(16)14(10)18-9-11-6-2-3-7-12(11)15(18)17/h2-8,17H,9H2,1H3. The zero-order chi connectivity index (χ0) is 12.7. The van der Waals surface area contributed by atoms with Crippen molar-refractivity contribution < 1.29 is 4.39 Å². The molecular weight excluding hydrogens is 227 g/mol. The Bertz CT molecular complexity index is 614. The summed E-state index contributed by atoms with van der Waals surface area (Å²) in [6.45, 7) is 2.44. The molecule has 0 unspecified atom stereocenters. The van der Waals surface area contributed by atoms with Gasteiger partial charge in [0, 0.05) is 5.56 Å². The Morgan fingerprint density at radius 3 is 2.61 bits per heavy atom. The Morgan fingerprint density at radius 2 is 1.89 bits per heavy atom. The first-order valence-corrected chi connectivity index (χ1v) is 5.88. The number of rotatable bonds is 1. The van der Waals surface area contributed by atoms with Crippen molar-refractivity contribution >= 4 is 11.5 Å². The number of para-hydroxylation sites is 1. The van der Waals surface area contributed by atoms with E-state index in [1.165, 1.54) is 6.07 Å². The molecule has 3 heteroatoms. The van der Waals surface area contributed by atoms with Gasteiger partial charge in [0.05, 0.1) is 12.2 Å². The number of nitrogens with zero attached hydrogens (tertiary/aromatic N) is 1. The van der Waals surface area contributed by atoms with Crippen molar-refractivity contribution in [2.24, 2.45) is 0 Å². The number of fused-ring (bicyclic) bond motifs is 1. The molecule has 0 bridgehead atoms. The minimum atomic E-state index is -0.271. The summed E-state index contributed by atoms with van der Waals surface area (Å²) in [7, 11) is 0. The number of halogens is 1. The highest BCUT2D eigenvalue weighted by atomic mass is 19.1. The SMILES string of the molecule is Cc1cccc(F)c1N1Cc2ccccc2C1=N. The number of anilines is 1. The molecule has 2 nitrogen and oxygen atoms in total. The van der Waals surface area contributed by atoms with Crippen LogP contribution in [0.15, 0.2) is 42.5 Å². The summed E-state index contributed by atoms with van der Waals surface area (Å²) in [5, 5.41) is 8.18. The monoisotopic (exact) mass is 240 g/mol. The van der Waals surface area contributed by atoms with Gasteiger partial charge in [-0.15, -0.1) is 0 Å². The number of hydrogen-bond acceptors (Lipinski definition) is 1. The van der Waals surface area contributed by atoms with Crippen molar-refractivity contribution in [1.29, 1.82) is 5.41 Å². The van der Waals surface area contributed by atoms with Gasteiger partial charge in [0.25, 0.3) is 0 Å². The summed E-state index contributed by atoms with van der Waals surface area (Å²) in [5.41, 5.74) is 3.33. The second kappa shape index (κ2) is 3.95. The second-order valence-electron chi connectivity index (χ2n) is 4.50. The molecule has 3 rings (SSSR count). The first-order valence-electron chi connectivity index (χ1n) is 5.88. The second-order valence-corrected chi connectivity index (χ2v) is 4.50. The lowest BCUT2D eigenvalue weighted by atomic mass is 10.1. The van der Waals surface area contributed by atoms with Gasteiger partial charge >= 0.3 is 0 Å². The third-order valence-corrected chi connectivity index (χ3v) is 3.33. The van der Waals surface area contributed by atoms with Gasteiger partial charge < -0.3 is 4.90 Å². The van der Waals surface area contributed by atoms with Crippen LogP contribution in [-0.4, -0.2) is 5.84 Å². The van der Waals surface area contributed by atoms with Crippen LogP contribution in [0.3, 0.4) is 0 Å². The van der Waals surface area contributed by atoms with Crippen LogP contribution in [0.1, 0.15) is 16.7 Å². The minimum absolute atomic E-state index is 0.271. The summed E-state index contributed by atoms with van der Waals surface area (Å²) in [5.74, 6) is 0.103. The Labute approximate surface area is 105 Å². The van der Waals surface area contributed by atoms with E-state index >= 15 is 0 Å². The fourth-order valence-electron chi connectivity index (χ4n) is 2.44. The van der Waals surface area contributed by atoms with E-state index in [1.54, 1.807) is 11.0 Å². The van der Waals surface area contributed by atoms with Crippen molar-refractivity contribution in [1.82, 2.24) is 0 Å². The lowest BCUT2D eigenvalue weighted by Gasteiger charge is -2.20. The molecule has 1 aliphatic heterocycles. The molecule has 2 aromatic rings. The summed E-state index contributed by atoms with van der Waals surface area (Å²) >= 11 is 0. The predicted molar refractivity (Wildman–Crippen MR) is 70.6 cm³/mol. The van der Waals surface area contributed by atoms with E-state index in [2.05, 4.69) is 0 Å². The van der Waals surface area contributed by atoms with Gasteiger partial charge in [-0.05, 0) is 24.1 Å². The normalized spacial score (nSPS) is 13.9. The average Bonchev–Trinajstić information content (AvgIpc) is 2.68. The fourth-order valence-corrected chi connectivity index (χ4v) is 2.44. The van der Waals surface area contributed by atoms with E-state index in [0.29, 0.717) is 18.1 Å². The molecule has 18 heavy (non-hydrogen) atoms. The topological polar surface area (TPSA) is 27.1 Å². The lowest BCUT2D eigenvalue weighted by molar-refractivity contribution is 0.625. The van der Waals surface area contributed by atoms with Gasteiger partial charge in [0.15, 0.2) is 0 Å². The highest BCUT2D eigenvalue weighted by Crippen LogP contribution is 2.32. The maximum Gasteiger partial charge on any atom is 0.147 e. The molecule has 0 atom stereocenters. The number of nitrogens with one attached hydrogen (secondary N) is 1. The van der Waals surface area contributed by atoms with Crippen molar-refractivity contribution in [3.05, 3.63) is 65.0 Å². The highest BCUT2D eigenvalue weighted by Gasteiger charge is 2.27. The van der Waals surface area contributed by atoms with E-state index < -0.39 is 0 Å². The average molecular weight is 240 g/mol. The lowest BCUT2D eigenvalue weighted by Crippen LogP contribution is -2.25. The molecule has 90 valence electrons. The quantitative estimate of drug-likeness (QED) is 0.811. The van der Waals surface area contributed by atoms with Crippen LogP contribution in [0.25, 0.3) is 0 Å². The van der Waals surface area contributed by atoms with Crippen LogP contribution in [-0.2, 0) is 6.54 Å². The summed E-state index contributed by atoms with van der Waals surface area (Å²) in [6.07, 6.45) is 0. The molecule has 0 aromatic heterocycles. The summed E-state index contributed by atoms with van der Waals surface area (Å²) in [4.78, 5) is 1.73. The smallest absolute Gasteiger partial charge is 0.147 e. The van der Waals surface area contributed by atoms with Crippen molar-refractivity contribution in [3.63, 3.8) is 0 Å². The molecule has 1 heterocycles. The molecule has 0 saturated carbocycles. The van der Waals surface area contributed by atoms with Gasteiger partial charge in [0.2, 0.25) is 0 Å². The molecule has 0 aliphatic carbocycles. The maximum atomic E-state index is 14.0. The van der Waals surface area contributed by atoms with E-state index in [-0.39, 0.29) is 5.82 Å². The third kappa shape index (κ3) is 1.51. The molecule has 0 radical (unpaired) electrons. The van der Waals surface area contributed by atoms with Crippen LogP contribution < -0.4 is 4.90 Å². The number of benzene rings is 2. The van der Waals surface area contributed by atoms with E-state index in [4.69, 9.17) is 5.41 Å². The van der Waals surface area contributed by atoms with Crippen molar-refractivity contribution in [3.8, 4) is 0 Å². The fraction of sp³-hybridized carbons (Fsp3) is 0.133. The minimum Gasteiger partial charge on any atom is -0.319 e. The first-order chi connectivity index (χ1) is 8.68. The van der Waals surface area contributed by atoms with Crippen LogP contribution >= 0.6 is 0 Å². The van der Waals surface area contributed by atoms with Gasteiger partial charge in [-0.25, -0.2) is 4.39 Å². The molecule has 0 saturated heterocycles. The van der Waals surface area contributed by atoms with Gasteiger partial charge in [-0.1, -0.05) is 36.4 Å². The molecular formula is C15H13FN2. The van der Waals surface area contributed by atoms with E-state index in [1.807, 2.05) is 37.3 Å². The Kier molecular flexibility index (Phi) is 2.40. The van der Waals surface area contributed by atoms with Crippen molar-refractivity contribution in [2.45, 2.75) is 13.5 Å². The van der Waals surface area contributed by atoms with Crippen LogP contribution in [0.5, 0.6) is 0 Å². The largest absolute Gasteiger partial charge is 0.319 e. The van der Waals surface area contributed by atoms with Crippen LogP contribution in [0, 0.1) is 18.2 Å². The number of hydrogen-bond donors (Lipinski definition) is 1. The van der Waals surface area contributed by atoms with Crippen molar-refractivity contribution in [2.75, 3.05) is 4.90 Å². The Hall–Kier alpha value is -2.16. The molecule has 1 aliphatic rings. The van der Waals surface area contributed by atoms with E-state index in [0.717, 1.165) is 16.7 Å². The summed E-state index contributed by atoms with van der Waals surface area (Å²) in [6, 6.07) is 12.8. The highest BCUT2D eigenvalue weighted by molar-refractivity contribution is 6.12. The summed E-state index contributed by atoms with van der Waals surface area (Å²) < 4.78 is 14.0. The zero-order valence-corrected chi connectivity index (χ0v) is 10.1. The zero-order valence-electron chi connectivity index (χ0n) is 10.1. The first kappa shape index (κ1) is 11.0. The van der Waals surface area contributed by atoms with Gasteiger partial charge in [-0.3, -0.25) is 5.41 Å². The Balaban J connectivity index is 2.10. The predicted octanol–water partition coefficient (Wildman–Crippen LogP) is 3.48. The van der Waals surface area contributed by atoms with E-state index in [9.17, 15) is 4.39 Å².